The molecule has 1 heterocycles. The number of halogens is 1. The van der Waals surface area contributed by atoms with Crippen LogP contribution in [0.4, 0.5) is 0 Å². The minimum absolute atomic E-state index is 0.244. The van der Waals surface area contributed by atoms with Crippen LogP contribution in [0.1, 0.15) is 18.1 Å². The molecule has 0 spiro atoms. The number of hydrogen-bond donors (Lipinski definition) is 1. The van der Waals surface area contributed by atoms with Crippen LogP contribution in [0.3, 0.4) is 0 Å². The summed E-state index contributed by atoms with van der Waals surface area (Å²) in [7, 11) is 0. The Morgan fingerprint density at radius 2 is 2.21 bits per heavy atom. The normalized spacial score (nSPS) is 19.1. The highest BCUT2D eigenvalue weighted by molar-refractivity contribution is 9.10. The molecule has 76 valence electrons. The van der Waals surface area contributed by atoms with Crippen LogP contribution >= 0.6 is 15.9 Å². The maximum absolute atomic E-state index is 6.21. The maximum atomic E-state index is 6.21. The van der Waals surface area contributed by atoms with Crippen molar-refractivity contribution >= 4 is 15.9 Å². The van der Waals surface area contributed by atoms with Crippen LogP contribution in [0.25, 0.3) is 0 Å². The summed E-state index contributed by atoms with van der Waals surface area (Å²) in [5, 5.41) is 0. The summed E-state index contributed by atoms with van der Waals surface area (Å²) in [6.45, 7) is 3.43. The average molecular weight is 256 g/mol. The van der Waals surface area contributed by atoms with Crippen LogP contribution in [0, 0.1) is 0 Å². The van der Waals surface area contributed by atoms with E-state index in [0.717, 1.165) is 10.9 Å². The van der Waals surface area contributed by atoms with E-state index in [1.807, 2.05) is 6.07 Å². The molecule has 1 fully saturated rings. The van der Waals surface area contributed by atoms with E-state index >= 15 is 0 Å². The van der Waals surface area contributed by atoms with E-state index < -0.39 is 0 Å². The molecule has 1 aromatic rings. The Balaban J connectivity index is 2.41. The minimum atomic E-state index is -0.244. The van der Waals surface area contributed by atoms with Crippen molar-refractivity contribution in [3.8, 4) is 0 Å². The van der Waals surface area contributed by atoms with Gasteiger partial charge >= 0.3 is 0 Å². The zero-order chi connectivity index (χ0) is 10.2. The highest BCUT2D eigenvalue weighted by Gasteiger charge is 2.37. The largest absolute Gasteiger partial charge is 0.377 e. The second-order valence-corrected chi connectivity index (χ2v) is 4.72. The van der Waals surface area contributed by atoms with Crippen LogP contribution < -0.4 is 5.73 Å². The second kappa shape index (κ2) is 3.65. The number of rotatable bonds is 2. The van der Waals surface area contributed by atoms with Crippen molar-refractivity contribution in [1.82, 2.24) is 0 Å². The average Bonchev–Trinajstić information content (AvgIpc) is 2.14. The number of ether oxygens (including phenoxy) is 1. The van der Waals surface area contributed by atoms with Crippen molar-refractivity contribution in [1.29, 1.82) is 0 Å². The third kappa shape index (κ3) is 1.60. The molecule has 0 atom stereocenters. The lowest BCUT2D eigenvalue weighted by molar-refractivity contribution is -0.0573. The molecule has 0 amide bonds. The molecule has 2 N–H and O–H groups in total. The van der Waals surface area contributed by atoms with Gasteiger partial charge < -0.3 is 10.5 Å². The molecule has 14 heavy (non-hydrogen) atoms. The Labute approximate surface area is 92.6 Å². The quantitative estimate of drug-likeness (QED) is 0.880. The number of nitrogens with two attached hydrogens (primary N) is 1. The first-order chi connectivity index (χ1) is 6.65. The molecule has 0 radical (unpaired) electrons. The van der Waals surface area contributed by atoms with E-state index in [9.17, 15) is 0 Å². The van der Waals surface area contributed by atoms with Gasteiger partial charge in [0.2, 0.25) is 0 Å². The van der Waals surface area contributed by atoms with Gasteiger partial charge in [0.15, 0.2) is 0 Å². The Morgan fingerprint density at radius 3 is 2.71 bits per heavy atom. The Bertz CT molecular complexity index is 347. The molecule has 0 aromatic heterocycles. The maximum Gasteiger partial charge on any atom is 0.0886 e. The second-order valence-electron chi connectivity index (χ2n) is 3.80. The topological polar surface area (TPSA) is 35.2 Å². The molecule has 2 rings (SSSR count). The molecule has 1 saturated heterocycles. The Kier molecular flexibility index (Phi) is 2.64. The standard InChI is InChI=1S/C11H14BrNO/c1-2-8-5-9(12)3-4-10(8)11(13)6-14-7-11/h3-5H,2,6-7,13H2,1H3. The van der Waals surface area contributed by atoms with Gasteiger partial charge in [-0.15, -0.1) is 0 Å². The zero-order valence-corrected chi connectivity index (χ0v) is 9.80. The molecule has 0 unspecified atom stereocenters. The van der Waals surface area contributed by atoms with Gasteiger partial charge in [0.25, 0.3) is 0 Å². The summed E-state index contributed by atoms with van der Waals surface area (Å²) >= 11 is 3.47. The van der Waals surface area contributed by atoms with Crippen molar-refractivity contribution in [3.63, 3.8) is 0 Å². The molecular formula is C11H14BrNO. The molecular weight excluding hydrogens is 242 g/mol. The van der Waals surface area contributed by atoms with Crippen LogP contribution in [0.15, 0.2) is 22.7 Å². The molecule has 0 aliphatic carbocycles. The van der Waals surface area contributed by atoms with E-state index in [1.54, 1.807) is 0 Å². The van der Waals surface area contributed by atoms with E-state index in [1.165, 1.54) is 11.1 Å². The number of aryl methyl sites for hydroxylation is 1. The fraction of sp³-hybridized carbons (Fsp3) is 0.455. The summed E-state index contributed by atoms with van der Waals surface area (Å²) in [4.78, 5) is 0. The SMILES string of the molecule is CCc1cc(Br)ccc1C1(N)COC1. The molecule has 0 bridgehead atoms. The van der Waals surface area contributed by atoms with Crippen LogP contribution in [0.5, 0.6) is 0 Å². The summed E-state index contributed by atoms with van der Waals surface area (Å²) in [5.41, 5.74) is 8.51. The van der Waals surface area contributed by atoms with Crippen molar-refractivity contribution in [2.75, 3.05) is 13.2 Å². The predicted molar refractivity (Wildman–Crippen MR) is 60.2 cm³/mol. The molecule has 1 aromatic carbocycles. The fourth-order valence-electron chi connectivity index (χ4n) is 1.82. The van der Waals surface area contributed by atoms with E-state index in [0.29, 0.717) is 13.2 Å². The zero-order valence-electron chi connectivity index (χ0n) is 8.22. The lowest BCUT2D eigenvalue weighted by Crippen LogP contribution is -2.54. The molecule has 1 aliphatic rings. The van der Waals surface area contributed by atoms with Gasteiger partial charge in [0.05, 0.1) is 18.8 Å². The van der Waals surface area contributed by atoms with Crippen LogP contribution in [0.2, 0.25) is 0 Å². The van der Waals surface area contributed by atoms with Crippen molar-refractivity contribution in [2.45, 2.75) is 18.9 Å². The lowest BCUT2D eigenvalue weighted by atomic mass is 9.85. The van der Waals surface area contributed by atoms with Gasteiger partial charge in [0.1, 0.15) is 0 Å². The van der Waals surface area contributed by atoms with Crippen LogP contribution in [-0.4, -0.2) is 13.2 Å². The number of hydrogen-bond acceptors (Lipinski definition) is 2. The monoisotopic (exact) mass is 255 g/mol. The van der Waals surface area contributed by atoms with Gasteiger partial charge in [-0.2, -0.15) is 0 Å². The summed E-state index contributed by atoms with van der Waals surface area (Å²) in [5.74, 6) is 0. The highest BCUT2D eigenvalue weighted by atomic mass is 79.9. The van der Waals surface area contributed by atoms with Crippen molar-refractivity contribution in [3.05, 3.63) is 33.8 Å². The van der Waals surface area contributed by atoms with Crippen molar-refractivity contribution in [2.24, 2.45) is 5.73 Å². The smallest absolute Gasteiger partial charge is 0.0886 e. The van der Waals surface area contributed by atoms with E-state index in [2.05, 4.69) is 35.0 Å². The molecule has 2 nitrogen and oxygen atoms in total. The first-order valence-corrected chi connectivity index (χ1v) is 5.60. The van der Waals surface area contributed by atoms with Gasteiger partial charge in [-0.05, 0) is 29.7 Å². The third-order valence-electron chi connectivity index (χ3n) is 2.70. The highest BCUT2D eigenvalue weighted by Crippen LogP contribution is 2.31. The predicted octanol–water partition coefficient (Wildman–Crippen LogP) is 2.20. The van der Waals surface area contributed by atoms with Gasteiger partial charge in [-0.3, -0.25) is 0 Å². The first-order valence-electron chi connectivity index (χ1n) is 4.81. The van der Waals surface area contributed by atoms with E-state index in [-0.39, 0.29) is 5.54 Å². The summed E-state index contributed by atoms with van der Waals surface area (Å²) in [6.07, 6.45) is 1.01. The van der Waals surface area contributed by atoms with Gasteiger partial charge in [-0.1, -0.05) is 28.9 Å². The molecule has 1 aliphatic heterocycles. The minimum Gasteiger partial charge on any atom is -0.377 e. The lowest BCUT2D eigenvalue weighted by Gasteiger charge is -2.39. The van der Waals surface area contributed by atoms with Gasteiger partial charge in [0, 0.05) is 4.47 Å². The Morgan fingerprint density at radius 1 is 1.50 bits per heavy atom. The van der Waals surface area contributed by atoms with E-state index in [4.69, 9.17) is 10.5 Å². The number of benzene rings is 1. The van der Waals surface area contributed by atoms with Crippen LogP contribution in [-0.2, 0) is 16.7 Å². The van der Waals surface area contributed by atoms with Gasteiger partial charge in [-0.25, -0.2) is 0 Å². The summed E-state index contributed by atoms with van der Waals surface area (Å²) < 4.78 is 6.30. The first kappa shape index (κ1) is 10.1. The fourth-order valence-corrected chi connectivity index (χ4v) is 2.23. The molecule has 3 heteroatoms. The third-order valence-corrected chi connectivity index (χ3v) is 3.20. The summed E-state index contributed by atoms with van der Waals surface area (Å²) in [6, 6.07) is 6.29. The molecule has 0 saturated carbocycles. The van der Waals surface area contributed by atoms with Crippen molar-refractivity contribution < 1.29 is 4.74 Å². The Hall–Kier alpha value is -0.380.